The molecule has 0 aliphatic carbocycles. The van der Waals surface area contributed by atoms with Crippen molar-refractivity contribution in [3.63, 3.8) is 0 Å². The molecule has 0 saturated heterocycles. The van der Waals surface area contributed by atoms with Crippen LogP contribution in [-0.4, -0.2) is 9.55 Å². The summed E-state index contributed by atoms with van der Waals surface area (Å²) in [6.45, 7) is 7.54. The van der Waals surface area contributed by atoms with Crippen molar-refractivity contribution in [3.8, 4) is 0 Å². The van der Waals surface area contributed by atoms with Gasteiger partial charge in [-0.15, -0.1) is 11.6 Å². The van der Waals surface area contributed by atoms with Gasteiger partial charge in [-0.25, -0.2) is 4.98 Å². The van der Waals surface area contributed by atoms with Crippen LogP contribution in [0.2, 0.25) is 10.0 Å². The van der Waals surface area contributed by atoms with Crippen LogP contribution in [0.1, 0.15) is 26.6 Å². The van der Waals surface area contributed by atoms with Gasteiger partial charge in [-0.05, 0) is 24.0 Å². The van der Waals surface area contributed by atoms with Crippen LogP contribution in [0.4, 0.5) is 0 Å². The quantitative estimate of drug-likeness (QED) is 0.692. The zero-order chi connectivity index (χ0) is 14.2. The van der Waals surface area contributed by atoms with Crippen LogP contribution in [0.15, 0.2) is 12.1 Å². The first-order valence-electron chi connectivity index (χ1n) is 6.34. The second-order valence-electron chi connectivity index (χ2n) is 5.25. The SMILES string of the molecule is CC(C)C(C)Cn1c(CCl)nc2cc(Cl)c(Cl)cc21. The second-order valence-corrected chi connectivity index (χ2v) is 6.33. The molecule has 2 aromatic rings. The summed E-state index contributed by atoms with van der Waals surface area (Å²) in [5.74, 6) is 2.38. The van der Waals surface area contributed by atoms with Gasteiger partial charge < -0.3 is 4.57 Å². The molecule has 0 N–H and O–H groups in total. The molecular weight excluding hydrogens is 303 g/mol. The van der Waals surface area contributed by atoms with Gasteiger partial charge in [0.05, 0.1) is 27.0 Å². The minimum absolute atomic E-state index is 0.384. The van der Waals surface area contributed by atoms with Gasteiger partial charge in [0.25, 0.3) is 0 Å². The first-order valence-corrected chi connectivity index (χ1v) is 7.63. The maximum atomic E-state index is 6.11. The lowest BCUT2D eigenvalue weighted by Gasteiger charge is -2.18. The van der Waals surface area contributed by atoms with Gasteiger partial charge in [0, 0.05) is 6.54 Å². The average molecular weight is 320 g/mol. The van der Waals surface area contributed by atoms with E-state index in [1.807, 2.05) is 6.07 Å². The third kappa shape index (κ3) is 3.01. The molecule has 0 spiro atoms. The molecule has 0 aliphatic rings. The number of fused-ring (bicyclic) bond motifs is 1. The summed E-state index contributed by atoms with van der Waals surface area (Å²) >= 11 is 18.1. The molecule has 5 heteroatoms. The molecule has 2 rings (SSSR count). The van der Waals surface area contributed by atoms with Gasteiger partial charge in [0.1, 0.15) is 5.82 Å². The van der Waals surface area contributed by atoms with E-state index >= 15 is 0 Å². The first kappa shape index (κ1) is 15.0. The zero-order valence-corrected chi connectivity index (χ0v) is 13.5. The Bertz CT molecular complexity index is 590. The number of alkyl halides is 1. The zero-order valence-electron chi connectivity index (χ0n) is 11.3. The molecule has 104 valence electrons. The Morgan fingerprint density at radius 2 is 1.79 bits per heavy atom. The van der Waals surface area contributed by atoms with E-state index in [1.165, 1.54) is 0 Å². The maximum absolute atomic E-state index is 6.11. The van der Waals surface area contributed by atoms with Gasteiger partial charge in [-0.1, -0.05) is 44.0 Å². The summed E-state index contributed by atoms with van der Waals surface area (Å²) in [6, 6.07) is 3.67. The molecule has 1 unspecified atom stereocenters. The third-order valence-corrected chi connectivity index (χ3v) is 4.56. The van der Waals surface area contributed by atoms with Crippen LogP contribution in [0, 0.1) is 11.8 Å². The molecular formula is C14H17Cl3N2. The highest BCUT2D eigenvalue weighted by Gasteiger charge is 2.16. The Kier molecular flexibility index (Phi) is 4.65. The van der Waals surface area contributed by atoms with Crippen LogP contribution in [0.5, 0.6) is 0 Å². The van der Waals surface area contributed by atoms with Crippen LogP contribution >= 0.6 is 34.8 Å². The standard InChI is InChI=1S/C14H17Cl3N2/c1-8(2)9(3)7-19-13-5-11(17)10(16)4-12(13)18-14(19)6-15/h4-5,8-9H,6-7H2,1-3H3. The molecule has 0 saturated carbocycles. The monoisotopic (exact) mass is 318 g/mol. The summed E-state index contributed by atoms with van der Waals surface area (Å²) in [5.41, 5.74) is 1.85. The number of aromatic nitrogens is 2. The Morgan fingerprint density at radius 3 is 2.37 bits per heavy atom. The molecule has 0 bridgehead atoms. The minimum atomic E-state index is 0.384. The molecule has 0 fully saturated rings. The highest BCUT2D eigenvalue weighted by Crippen LogP contribution is 2.29. The fourth-order valence-corrected chi connectivity index (χ4v) is 2.49. The van der Waals surface area contributed by atoms with E-state index < -0.39 is 0 Å². The Balaban J connectivity index is 2.53. The lowest BCUT2D eigenvalue weighted by atomic mass is 9.98. The molecule has 0 amide bonds. The first-order chi connectivity index (χ1) is 8.93. The summed E-state index contributed by atoms with van der Waals surface area (Å²) in [7, 11) is 0. The van der Waals surface area contributed by atoms with Crippen molar-refractivity contribution in [2.45, 2.75) is 33.2 Å². The van der Waals surface area contributed by atoms with Crippen molar-refractivity contribution in [2.75, 3.05) is 0 Å². The van der Waals surface area contributed by atoms with E-state index in [0.717, 1.165) is 23.4 Å². The second kappa shape index (κ2) is 5.90. The van der Waals surface area contributed by atoms with E-state index in [1.54, 1.807) is 6.07 Å². The largest absolute Gasteiger partial charge is 0.327 e. The summed E-state index contributed by atoms with van der Waals surface area (Å²) in [4.78, 5) is 4.53. The summed E-state index contributed by atoms with van der Waals surface area (Å²) in [6.07, 6.45) is 0. The van der Waals surface area contributed by atoms with Gasteiger partial charge >= 0.3 is 0 Å². The van der Waals surface area contributed by atoms with E-state index in [4.69, 9.17) is 34.8 Å². The van der Waals surface area contributed by atoms with Crippen molar-refractivity contribution < 1.29 is 0 Å². The van der Waals surface area contributed by atoms with Crippen molar-refractivity contribution >= 4 is 45.8 Å². The van der Waals surface area contributed by atoms with Crippen LogP contribution in [0.25, 0.3) is 11.0 Å². The molecule has 1 aromatic heterocycles. The summed E-state index contributed by atoms with van der Waals surface area (Å²) < 4.78 is 2.15. The maximum Gasteiger partial charge on any atom is 0.124 e. The topological polar surface area (TPSA) is 17.8 Å². The van der Waals surface area contributed by atoms with Crippen molar-refractivity contribution in [3.05, 3.63) is 28.0 Å². The van der Waals surface area contributed by atoms with Gasteiger partial charge in [-0.3, -0.25) is 0 Å². The number of benzene rings is 1. The Hall–Kier alpha value is -0.440. The van der Waals surface area contributed by atoms with Crippen molar-refractivity contribution in [1.29, 1.82) is 0 Å². The van der Waals surface area contributed by atoms with Gasteiger partial charge in [0.15, 0.2) is 0 Å². The molecule has 1 atom stereocenters. The Morgan fingerprint density at radius 1 is 1.16 bits per heavy atom. The number of hydrogen-bond acceptors (Lipinski definition) is 1. The fourth-order valence-electron chi connectivity index (χ4n) is 1.97. The van der Waals surface area contributed by atoms with Crippen LogP contribution in [-0.2, 0) is 12.4 Å². The number of hydrogen-bond donors (Lipinski definition) is 0. The molecule has 2 nitrogen and oxygen atoms in total. The number of nitrogens with zero attached hydrogens (tertiary/aromatic N) is 2. The van der Waals surface area contributed by atoms with Crippen LogP contribution in [0.3, 0.4) is 0 Å². The van der Waals surface area contributed by atoms with Crippen LogP contribution < -0.4 is 0 Å². The highest BCUT2D eigenvalue weighted by atomic mass is 35.5. The van der Waals surface area contributed by atoms with E-state index in [9.17, 15) is 0 Å². The average Bonchev–Trinajstić information content (AvgIpc) is 2.67. The molecule has 19 heavy (non-hydrogen) atoms. The smallest absolute Gasteiger partial charge is 0.124 e. The third-order valence-electron chi connectivity index (χ3n) is 3.60. The van der Waals surface area contributed by atoms with Crippen molar-refractivity contribution in [2.24, 2.45) is 11.8 Å². The molecule has 1 aromatic carbocycles. The van der Waals surface area contributed by atoms with Gasteiger partial charge in [-0.2, -0.15) is 0 Å². The van der Waals surface area contributed by atoms with Gasteiger partial charge in [0.2, 0.25) is 0 Å². The highest BCUT2D eigenvalue weighted by molar-refractivity contribution is 6.42. The fraction of sp³-hybridized carbons (Fsp3) is 0.500. The predicted octanol–water partition coefficient (Wildman–Crippen LogP) is 5.37. The van der Waals surface area contributed by atoms with E-state index in [-0.39, 0.29) is 0 Å². The lowest BCUT2D eigenvalue weighted by Crippen LogP contribution is -2.14. The van der Waals surface area contributed by atoms with Crippen molar-refractivity contribution in [1.82, 2.24) is 9.55 Å². The van der Waals surface area contributed by atoms with E-state index in [2.05, 4.69) is 30.3 Å². The number of imidazole rings is 1. The number of rotatable bonds is 4. The normalized spacial score (nSPS) is 13.4. The molecule has 1 heterocycles. The Labute approximate surface area is 128 Å². The molecule has 0 radical (unpaired) electrons. The predicted molar refractivity (Wildman–Crippen MR) is 83.3 cm³/mol. The lowest BCUT2D eigenvalue weighted by molar-refractivity contribution is 0.365. The van der Waals surface area contributed by atoms with E-state index in [0.29, 0.717) is 27.8 Å². The minimum Gasteiger partial charge on any atom is -0.327 e. The number of halogens is 3. The summed E-state index contributed by atoms with van der Waals surface area (Å²) in [5, 5.41) is 1.07. The molecule has 0 aliphatic heterocycles.